The van der Waals surface area contributed by atoms with Crippen LogP contribution < -0.4 is 4.90 Å². The quantitative estimate of drug-likeness (QED) is 0.773. The molecule has 2 aliphatic heterocycles. The van der Waals surface area contributed by atoms with Gasteiger partial charge in [-0.15, -0.1) is 0 Å². The van der Waals surface area contributed by atoms with Gasteiger partial charge in [-0.3, -0.25) is 14.4 Å². The average Bonchev–Trinajstić information content (AvgIpc) is 3.33. The van der Waals surface area contributed by atoms with Crippen molar-refractivity contribution in [2.75, 3.05) is 24.6 Å². The number of aryl methyl sites for hydroxylation is 1. The Morgan fingerprint density at radius 3 is 2.72 bits per heavy atom. The number of cyclic esters (lactones) is 1. The maximum atomic E-state index is 13.4. The van der Waals surface area contributed by atoms with Gasteiger partial charge in [0.15, 0.2) is 0 Å². The fourth-order valence-electron chi connectivity index (χ4n) is 4.38. The van der Waals surface area contributed by atoms with Crippen LogP contribution in [0.25, 0.3) is 0 Å². The minimum atomic E-state index is -0.290. The highest BCUT2D eigenvalue weighted by Crippen LogP contribution is 2.31. The number of rotatable bonds is 5. The van der Waals surface area contributed by atoms with Crippen molar-refractivity contribution in [3.63, 3.8) is 0 Å². The van der Waals surface area contributed by atoms with Crippen LogP contribution in [0.1, 0.15) is 60.0 Å². The molecule has 7 nitrogen and oxygen atoms in total. The van der Waals surface area contributed by atoms with E-state index in [0.29, 0.717) is 31.9 Å². The maximum Gasteiger partial charge on any atom is 0.414 e. The number of ether oxygens (including phenoxy) is 1. The molecule has 1 saturated heterocycles. The fraction of sp³-hybridized carbons (Fsp3) is 0.500. The van der Waals surface area contributed by atoms with Gasteiger partial charge in [0.2, 0.25) is 0 Å². The van der Waals surface area contributed by atoms with Crippen molar-refractivity contribution in [2.24, 2.45) is 0 Å². The Balaban J connectivity index is 1.60. The topological polar surface area (TPSA) is 67.7 Å². The van der Waals surface area contributed by atoms with Crippen LogP contribution in [0.15, 0.2) is 24.3 Å². The van der Waals surface area contributed by atoms with E-state index in [-0.39, 0.29) is 18.0 Å². The largest absolute Gasteiger partial charge is 0.447 e. The Hall–Kier alpha value is -2.83. The van der Waals surface area contributed by atoms with Crippen molar-refractivity contribution in [1.29, 1.82) is 0 Å². The van der Waals surface area contributed by atoms with Crippen molar-refractivity contribution in [3.05, 3.63) is 46.8 Å². The lowest BCUT2D eigenvalue weighted by atomic mass is 9.97. The van der Waals surface area contributed by atoms with Crippen molar-refractivity contribution < 1.29 is 14.3 Å². The summed E-state index contributed by atoms with van der Waals surface area (Å²) in [5.41, 5.74) is 4.67. The van der Waals surface area contributed by atoms with Gasteiger partial charge in [-0.1, -0.05) is 26.0 Å². The molecule has 0 spiro atoms. The molecule has 1 fully saturated rings. The van der Waals surface area contributed by atoms with E-state index < -0.39 is 0 Å². The van der Waals surface area contributed by atoms with E-state index in [0.717, 1.165) is 41.8 Å². The first-order valence-electron chi connectivity index (χ1n) is 10.4. The highest BCUT2D eigenvalue weighted by atomic mass is 16.6. The smallest absolute Gasteiger partial charge is 0.414 e. The van der Waals surface area contributed by atoms with Gasteiger partial charge in [0, 0.05) is 13.1 Å². The maximum absolute atomic E-state index is 13.4. The van der Waals surface area contributed by atoms with Crippen LogP contribution in [0, 0.1) is 6.92 Å². The van der Waals surface area contributed by atoms with E-state index in [2.05, 4.69) is 18.9 Å². The molecule has 2 aliphatic rings. The Morgan fingerprint density at radius 2 is 2.03 bits per heavy atom. The van der Waals surface area contributed by atoms with E-state index in [4.69, 9.17) is 4.74 Å². The predicted molar refractivity (Wildman–Crippen MR) is 110 cm³/mol. The molecule has 0 N–H and O–H groups in total. The lowest BCUT2D eigenvalue weighted by Crippen LogP contribution is -2.38. The molecule has 1 aromatic carbocycles. The highest BCUT2D eigenvalue weighted by molar-refractivity contribution is 5.93. The third kappa shape index (κ3) is 3.50. The van der Waals surface area contributed by atoms with Gasteiger partial charge in [0.1, 0.15) is 12.3 Å². The molecule has 0 bridgehead atoms. The van der Waals surface area contributed by atoms with Crippen LogP contribution >= 0.6 is 0 Å². The van der Waals surface area contributed by atoms with Crippen LogP contribution in [0.3, 0.4) is 0 Å². The number of fused-ring (bicyclic) bond motifs is 1. The van der Waals surface area contributed by atoms with Crippen molar-refractivity contribution in [3.8, 4) is 0 Å². The number of benzene rings is 1. The first-order chi connectivity index (χ1) is 14.0. The van der Waals surface area contributed by atoms with Crippen LogP contribution in [-0.4, -0.2) is 46.4 Å². The summed E-state index contributed by atoms with van der Waals surface area (Å²) < 4.78 is 7.01. The first-order valence-corrected chi connectivity index (χ1v) is 10.4. The average molecular weight is 396 g/mol. The Kier molecular flexibility index (Phi) is 5.30. The van der Waals surface area contributed by atoms with Gasteiger partial charge in [-0.2, -0.15) is 5.10 Å². The molecule has 7 heteroatoms. The second kappa shape index (κ2) is 7.89. The number of carbonyl (C=O) groups excluding carboxylic acids is 2. The summed E-state index contributed by atoms with van der Waals surface area (Å²) in [6, 6.07) is 8.09. The van der Waals surface area contributed by atoms with E-state index in [9.17, 15) is 9.59 Å². The summed E-state index contributed by atoms with van der Waals surface area (Å²) in [6.07, 6.45) is 2.31. The standard InChI is InChI=1S/C22H28N4O3/c1-4-17(5-2)26-20(13-15(3)23-26)21(27)24-10-9-18-16(14-24)7-6-8-19(18)25-11-12-29-22(25)28/h6-8,13,17H,4-5,9-12,14H2,1-3H3. The van der Waals surface area contributed by atoms with Gasteiger partial charge in [-0.25, -0.2) is 4.79 Å². The number of carbonyl (C=O) groups is 2. The van der Waals surface area contributed by atoms with Gasteiger partial charge < -0.3 is 9.64 Å². The lowest BCUT2D eigenvalue weighted by molar-refractivity contribution is 0.0718. The van der Waals surface area contributed by atoms with Gasteiger partial charge in [-0.05, 0) is 49.4 Å². The zero-order valence-corrected chi connectivity index (χ0v) is 17.4. The van der Waals surface area contributed by atoms with Gasteiger partial charge in [0.05, 0.1) is 24.0 Å². The molecule has 0 aliphatic carbocycles. The van der Waals surface area contributed by atoms with Gasteiger partial charge >= 0.3 is 6.09 Å². The summed E-state index contributed by atoms with van der Waals surface area (Å²) >= 11 is 0. The normalized spacial score (nSPS) is 16.3. The zero-order valence-electron chi connectivity index (χ0n) is 17.4. The van der Waals surface area contributed by atoms with Crippen molar-refractivity contribution in [1.82, 2.24) is 14.7 Å². The molecule has 3 heterocycles. The number of anilines is 1. The number of amides is 2. The molecule has 0 unspecified atom stereocenters. The summed E-state index contributed by atoms with van der Waals surface area (Å²) in [6.45, 7) is 8.35. The Bertz CT molecular complexity index is 932. The third-order valence-corrected chi connectivity index (χ3v) is 5.95. The van der Waals surface area contributed by atoms with E-state index >= 15 is 0 Å². The van der Waals surface area contributed by atoms with E-state index in [1.54, 1.807) is 4.90 Å². The van der Waals surface area contributed by atoms with Crippen molar-refractivity contribution >= 4 is 17.7 Å². The second-order valence-electron chi connectivity index (χ2n) is 7.74. The summed E-state index contributed by atoms with van der Waals surface area (Å²) in [4.78, 5) is 29.0. The highest BCUT2D eigenvalue weighted by Gasteiger charge is 2.31. The molecule has 0 radical (unpaired) electrons. The van der Waals surface area contributed by atoms with Crippen LogP contribution in [0.2, 0.25) is 0 Å². The fourth-order valence-corrected chi connectivity index (χ4v) is 4.38. The molecule has 29 heavy (non-hydrogen) atoms. The number of aromatic nitrogens is 2. The first kappa shape index (κ1) is 19.5. The molecule has 2 aromatic rings. The molecule has 1 aromatic heterocycles. The van der Waals surface area contributed by atoms with E-state index in [1.807, 2.05) is 40.8 Å². The summed E-state index contributed by atoms with van der Waals surface area (Å²) in [5, 5.41) is 4.60. The predicted octanol–water partition coefficient (Wildman–Crippen LogP) is 3.71. The second-order valence-corrected chi connectivity index (χ2v) is 7.74. The van der Waals surface area contributed by atoms with Crippen molar-refractivity contribution in [2.45, 2.75) is 52.6 Å². The minimum absolute atomic E-state index is 0.0223. The third-order valence-electron chi connectivity index (χ3n) is 5.95. The monoisotopic (exact) mass is 396 g/mol. The van der Waals surface area contributed by atoms with Crippen LogP contribution in [0.5, 0.6) is 0 Å². The van der Waals surface area contributed by atoms with Crippen LogP contribution in [0.4, 0.5) is 10.5 Å². The Morgan fingerprint density at radius 1 is 1.24 bits per heavy atom. The minimum Gasteiger partial charge on any atom is -0.447 e. The molecule has 154 valence electrons. The molecule has 0 saturated carbocycles. The molecular formula is C22H28N4O3. The Labute approximate surface area is 171 Å². The molecule has 0 atom stereocenters. The van der Waals surface area contributed by atoms with E-state index in [1.165, 1.54) is 0 Å². The SMILES string of the molecule is CCC(CC)n1nc(C)cc1C(=O)N1CCc2c(cccc2N2CCOC2=O)C1. The van der Waals surface area contributed by atoms with Crippen LogP contribution in [-0.2, 0) is 17.7 Å². The number of hydrogen-bond donors (Lipinski definition) is 0. The summed E-state index contributed by atoms with van der Waals surface area (Å²) in [5.74, 6) is 0.0223. The molecular weight excluding hydrogens is 368 g/mol. The zero-order chi connectivity index (χ0) is 20.5. The number of nitrogens with zero attached hydrogens (tertiary/aromatic N) is 4. The summed E-state index contributed by atoms with van der Waals surface area (Å²) in [7, 11) is 0. The molecule has 4 rings (SSSR count). The van der Waals surface area contributed by atoms with Gasteiger partial charge in [0.25, 0.3) is 5.91 Å². The number of hydrogen-bond acceptors (Lipinski definition) is 4. The lowest BCUT2D eigenvalue weighted by Gasteiger charge is -2.31. The molecule has 2 amide bonds.